The summed E-state index contributed by atoms with van der Waals surface area (Å²) in [4.78, 5) is 0. The maximum Gasteiger partial charge on any atom is 0.262 e. The molecule has 0 bridgehead atoms. The number of thiazole rings is 1. The molecular formula is C26H25NO5S2. The first kappa shape index (κ1) is 23.9. The first-order valence-corrected chi connectivity index (χ1v) is 13.2. The fourth-order valence-electron chi connectivity index (χ4n) is 3.62. The SMILES string of the molecule is COc1cc(/C=C/c2sc3ccccc3[n+]2CCCS(=O)(=O)[O-])ccc1OCc1ccccc1. The molecule has 0 aliphatic rings. The van der Waals surface area contributed by atoms with Crippen LogP contribution in [0.1, 0.15) is 22.6 Å². The monoisotopic (exact) mass is 495 g/mol. The van der Waals surface area contributed by atoms with E-state index in [1.807, 2.05) is 84.9 Å². The van der Waals surface area contributed by atoms with Crippen LogP contribution in [0.5, 0.6) is 11.5 Å². The van der Waals surface area contributed by atoms with Gasteiger partial charge in [-0.3, -0.25) is 0 Å². The van der Waals surface area contributed by atoms with Gasteiger partial charge >= 0.3 is 0 Å². The van der Waals surface area contributed by atoms with E-state index in [1.54, 1.807) is 18.4 Å². The van der Waals surface area contributed by atoms with E-state index < -0.39 is 10.1 Å². The van der Waals surface area contributed by atoms with Crippen LogP contribution in [0.25, 0.3) is 22.4 Å². The van der Waals surface area contributed by atoms with Gasteiger partial charge in [0.15, 0.2) is 18.0 Å². The second kappa shape index (κ2) is 10.8. The van der Waals surface area contributed by atoms with E-state index in [0.717, 1.165) is 26.4 Å². The van der Waals surface area contributed by atoms with Gasteiger partial charge in [0.2, 0.25) is 5.52 Å². The number of hydrogen-bond acceptors (Lipinski definition) is 6. The van der Waals surface area contributed by atoms with Crippen molar-refractivity contribution in [1.29, 1.82) is 0 Å². The van der Waals surface area contributed by atoms with Crippen molar-refractivity contribution >= 4 is 43.8 Å². The van der Waals surface area contributed by atoms with Crippen molar-refractivity contribution in [2.45, 2.75) is 19.6 Å². The minimum atomic E-state index is -4.24. The smallest absolute Gasteiger partial charge is 0.262 e. The summed E-state index contributed by atoms with van der Waals surface area (Å²) in [6, 6.07) is 23.6. The molecule has 176 valence electrons. The number of rotatable bonds is 10. The second-order valence-electron chi connectivity index (χ2n) is 7.69. The fraction of sp³-hybridized carbons (Fsp3) is 0.192. The van der Waals surface area contributed by atoms with E-state index >= 15 is 0 Å². The molecule has 0 aliphatic heterocycles. The number of aromatic nitrogens is 1. The molecule has 0 saturated heterocycles. The number of fused-ring (bicyclic) bond motifs is 1. The predicted molar refractivity (Wildman–Crippen MR) is 134 cm³/mol. The summed E-state index contributed by atoms with van der Waals surface area (Å²) in [7, 11) is -2.62. The molecule has 4 aromatic rings. The average Bonchev–Trinajstić information content (AvgIpc) is 3.19. The number of methoxy groups -OCH3 is 1. The van der Waals surface area contributed by atoms with Crippen LogP contribution in [0.4, 0.5) is 0 Å². The van der Waals surface area contributed by atoms with Crippen LogP contribution < -0.4 is 14.0 Å². The zero-order valence-electron chi connectivity index (χ0n) is 18.7. The van der Waals surface area contributed by atoms with E-state index in [1.165, 1.54) is 0 Å². The van der Waals surface area contributed by atoms with Crippen LogP contribution >= 0.6 is 11.3 Å². The van der Waals surface area contributed by atoms with Crippen LogP contribution in [0, 0.1) is 0 Å². The molecule has 34 heavy (non-hydrogen) atoms. The quantitative estimate of drug-likeness (QED) is 0.231. The van der Waals surface area contributed by atoms with Gasteiger partial charge in [-0.2, -0.15) is 4.57 Å². The highest BCUT2D eigenvalue weighted by molar-refractivity contribution is 7.85. The normalized spacial score (nSPS) is 11.8. The first-order valence-electron chi connectivity index (χ1n) is 10.8. The van der Waals surface area contributed by atoms with Crippen molar-refractivity contribution < 1.29 is 27.0 Å². The number of nitrogens with zero attached hydrogens (tertiary/aromatic N) is 1. The molecule has 0 atom stereocenters. The van der Waals surface area contributed by atoms with Crippen LogP contribution in [0.3, 0.4) is 0 Å². The van der Waals surface area contributed by atoms with E-state index in [9.17, 15) is 13.0 Å². The van der Waals surface area contributed by atoms with E-state index in [0.29, 0.717) is 24.7 Å². The van der Waals surface area contributed by atoms with Gasteiger partial charge < -0.3 is 14.0 Å². The van der Waals surface area contributed by atoms with Crippen LogP contribution in [0.15, 0.2) is 72.8 Å². The highest BCUT2D eigenvalue weighted by Crippen LogP contribution is 2.30. The number of aryl methyl sites for hydroxylation is 1. The maximum absolute atomic E-state index is 11.0. The summed E-state index contributed by atoms with van der Waals surface area (Å²) in [5.74, 6) is 0.928. The van der Waals surface area contributed by atoms with E-state index in [2.05, 4.69) is 4.57 Å². The maximum atomic E-state index is 11.0. The Hall–Kier alpha value is -3.20. The molecule has 3 aromatic carbocycles. The lowest BCUT2D eigenvalue weighted by molar-refractivity contribution is -0.668. The zero-order valence-corrected chi connectivity index (χ0v) is 20.3. The molecule has 0 amide bonds. The zero-order chi connectivity index (χ0) is 24.0. The Balaban J connectivity index is 1.54. The van der Waals surface area contributed by atoms with Gasteiger partial charge in [-0.1, -0.05) is 59.9 Å². The third kappa shape index (κ3) is 6.22. The minimum Gasteiger partial charge on any atom is -0.748 e. The summed E-state index contributed by atoms with van der Waals surface area (Å²) in [5.41, 5.74) is 3.03. The fourth-order valence-corrected chi connectivity index (χ4v) is 5.19. The number of benzene rings is 3. The summed E-state index contributed by atoms with van der Waals surface area (Å²) in [6.07, 6.45) is 4.24. The number of ether oxygens (including phenoxy) is 2. The van der Waals surface area contributed by atoms with Crippen molar-refractivity contribution in [3.05, 3.63) is 88.9 Å². The van der Waals surface area contributed by atoms with Crippen molar-refractivity contribution in [3.63, 3.8) is 0 Å². The van der Waals surface area contributed by atoms with E-state index in [4.69, 9.17) is 9.47 Å². The van der Waals surface area contributed by atoms with Crippen molar-refractivity contribution in [1.82, 2.24) is 0 Å². The molecule has 6 nitrogen and oxygen atoms in total. The van der Waals surface area contributed by atoms with Gasteiger partial charge in [0.1, 0.15) is 11.3 Å². The third-order valence-electron chi connectivity index (χ3n) is 5.26. The summed E-state index contributed by atoms with van der Waals surface area (Å²) >= 11 is 1.61. The highest BCUT2D eigenvalue weighted by Gasteiger charge is 2.18. The van der Waals surface area contributed by atoms with Gasteiger partial charge in [-0.15, -0.1) is 0 Å². The molecule has 0 saturated carbocycles. The number of para-hydroxylation sites is 1. The number of hydrogen-bond donors (Lipinski definition) is 0. The first-order chi connectivity index (χ1) is 16.4. The van der Waals surface area contributed by atoms with Crippen molar-refractivity contribution in [2.24, 2.45) is 0 Å². The Morgan fingerprint density at radius 2 is 1.74 bits per heavy atom. The second-order valence-corrected chi connectivity index (χ2v) is 10.3. The van der Waals surface area contributed by atoms with Crippen molar-refractivity contribution in [3.8, 4) is 11.5 Å². The summed E-state index contributed by atoms with van der Waals surface area (Å²) in [6.45, 7) is 0.897. The molecule has 0 spiro atoms. The van der Waals surface area contributed by atoms with Gasteiger partial charge in [-0.05, 0) is 35.4 Å². The lowest BCUT2D eigenvalue weighted by atomic mass is 10.2. The Labute approximate surface area is 203 Å². The Kier molecular flexibility index (Phi) is 7.62. The molecule has 0 radical (unpaired) electrons. The molecule has 0 fully saturated rings. The molecule has 1 aromatic heterocycles. The molecule has 0 N–H and O–H groups in total. The molecule has 8 heteroatoms. The molecule has 1 heterocycles. The Morgan fingerprint density at radius 1 is 0.971 bits per heavy atom. The molecule has 4 rings (SSSR count). The standard InChI is InChI=1S/C26H25NO5S2/c1-31-24-18-20(12-14-23(24)32-19-21-8-3-2-4-9-21)13-15-26-27(16-7-17-34(28,29)30)22-10-5-6-11-25(22)33-26/h2-6,8-15,18H,7,16-17,19H2,1H3/b15-13+. The molecular weight excluding hydrogens is 470 g/mol. The average molecular weight is 496 g/mol. The third-order valence-corrected chi connectivity index (χ3v) is 7.18. The van der Waals surface area contributed by atoms with Crippen LogP contribution in [-0.4, -0.2) is 25.8 Å². The van der Waals surface area contributed by atoms with Gasteiger partial charge in [0.05, 0.1) is 17.2 Å². The minimum absolute atomic E-state index is 0.263. The molecule has 0 unspecified atom stereocenters. The lowest BCUT2D eigenvalue weighted by Gasteiger charge is -2.11. The van der Waals surface area contributed by atoms with Gasteiger partial charge in [0, 0.05) is 24.3 Å². The summed E-state index contributed by atoms with van der Waals surface area (Å²) < 4.78 is 47.7. The van der Waals surface area contributed by atoms with E-state index in [-0.39, 0.29) is 12.2 Å². The highest BCUT2D eigenvalue weighted by atomic mass is 32.2. The Bertz CT molecular complexity index is 1400. The van der Waals surface area contributed by atoms with Crippen LogP contribution in [0.2, 0.25) is 0 Å². The molecule has 0 aliphatic carbocycles. The van der Waals surface area contributed by atoms with Crippen molar-refractivity contribution in [2.75, 3.05) is 12.9 Å². The Morgan fingerprint density at radius 3 is 2.50 bits per heavy atom. The van der Waals surface area contributed by atoms with Gasteiger partial charge in [0.25, 0.3) is 5.01 Å². The lowest BCUT2D eigenvalue weighted by Crippen LogP contribution is -2.35. The van der Waals surface area contributed by atoms with Gasteiger partial charge in [-0.25, -0.2) is 8.42 Å². The summed E-state index contributed by atoms with van der Waals surface area (Å²) in [5, 5.41) is 0.966. The topological polar surface area (TPSA) is 79.5 Å². The van der Waals surface area contributed by atoms with Crippen LogP contribution in [-0.2, 0) is 23.3 Å². The largest absolute Gasteiger partial charge is 0.748 e. The predicted octanol–water partition coefficient (Wildman–Crippen LogP) is 4.88.